The first-order valence-electron chi connectivity index (χ1n) is 10.5. The van der Waals surface area contributed by atoms with Crippen molar-refractivity contribution in [3.63, 3.8) is 0 Å². The summed E-state index contributed by atoms with van der Waals surface area (Å²) >= 11 is 6.13. The van der Waals surface area contributed by atoms with E-state index in [0.29, 0.717) is 28.6 Å². The van der Waals surface area contributed by atoms with Crippen LogP contribution in [0, 0.1) is 18.3 Å². The zero-order chi connectivity index (χ0) is 24.1. The molecule has 0 radical (unpaired) electrons. The largest absolute Gasteiger partial charge is 0.467 e. The number of nitrogens with one attached hydrogen (secondary N) is 2. The maximum absolute atomic E-state index is 12.7. The van der Waals surface area contributed by atoms with E-state index < -0.39 is 5.91 Å². The Labute approximate surface area is 201 Å². The second-order valence-corrected chi connectivity index (χ2v) is 8.08. The summed E-state index contributed by atoms with van der Waals surface area (Å²) in [6.45, 7) is 2.23. The Kier molecular flexibility index (Phi) is 6.81. The predicted molar refractivity (Wildman–Crippen MR) is 131 cm³/mol. The number of aryl methyl sites for hydroxylation is 1. The van der Waals surface area contributed by atoms with Gasteiger partial charge < -0.3 is 19.6 Å². The second kappa shape index (κ2) is 10.1. The molecule has 0 fully saturated rings. The third-order valence-corrected chi connectivity index (χ3v) is 5.68. The Balaban J connectivity index is 1.56. The van der Waals surface area contributed by atoms with Crippen LogP contribution in [0.1, 0.15) is 16.9 Å². The van der Waals surface area contributed by atoms with E-state index in [1.807, 2.05) is 37.3 Å². The maximum atomic E-state index is 12.7. The molecule has 4 aromatic rings. The number of hydrogen-bond donors (Lipinski definition) is 2. The summed E-state index contributed by atoms with van der Waals surface area (Å²) in [4.78, 5) is 25.2. The number of furan rings is 1. The molecule has 0 unspecified atom stereocenters. The van der Waals surface area contributed by atoms with Gasteiger partial charge in [-0.05, 0) is 48.9 Å². The number of carbonyl (C=O) groups excluding carboxylic acids is 2. The minimum absolute atomic E-state index is 0.0677. The molecule has 0 aliphatic rings. The van der Waals surface area contributed by atoms with Crippen molar-refractivity contribution in [2.24, 2.45) is 0 Å². The molecule has 0 aliphatic carbocycles. The Morgan fingerprint density at radius 2 is 2.00 bits per heavy atom. The zero-order valence-corrected chi connectivity index (χ0v) is 19.1. The SMILES string of the molecule is Cc1ccc(NC(=O)/C(C#N)=C/c2cn(CC(=O)NCc3ccco3)c3ccccc23)cc1Cl. The molecular weight excluding hydrogens is 452 g/mol. The van der Waals surface area contributed by atoms with E-state index in [1.54, 1.807) is 47.4 Å². The molecule has 0 bridgehead atoms. The van der Waals surface area contributed by atoms with Crippen molar-refractivity contribution in [2.45, 2.75) is 20.0 Å². The fourth-order valence-corrected chi connectivity index (χ4v) is 3.68. The van der Waals surface area contributed by atoms with Crippen molar-refractivity contribution in [1.82, 2.24) is 9.88 Å². The topological polar surface area (TPSA) is 100 Å². The highest BCUT2D eigenvalue weighted by Crippen LogP contribution is 2.25. The van der Waals surface area contributed by atoms with Crippen LogP contribution in [0.3, 0.4) is 0 Å². The van der Waals surface area contributed by atoms with E-state index in [9.17, 15) is 14.9 Å². The van der Waals surface area contributed by atoms with Gasteiger partial charge in [-0.3, -0.25) is 9.59 Å². The highest BCUT2D eigenvalue weighted by atomic mass is 35.5. The third-order valence-electron chi connectivity index (χ3n) is 5.27. The lowest BCUT2D eigenvalue weighted by atomic mass is 10.1. The Hall–Kier alpha value is -4.28. The van der Waals surface area contributed by atoms with E-state index in [1.165, 1.54) is 6.08 Å². The zero-order valence-electron chi connectivity index (χ0n) is 18.3. The van der Waals surface area contributed by atoms with E-state index >= 15 is 0 Å². The average Bonchev–Trinajstić information content (AvgIpc) is 3.47. The number of hydrogen-bond acceptors (Lipinski definition) is 4. The van der Waals surface area contributed by atoms with Gasteiger partial charge in [0.25, 0.3) is 5.91 Å². The Bertz CT molecular complexity index is 1430. The number of amides is 2. The van der Waals surface area contributed by atoms with Gasteiger partial charge in [-0.15, -0.1) is 0 Å². The number of para-hydroxylation sites is 1. The maximum Gasteiger partial charge on any atom is 0.266 e. The van der Waals surface area contributed by atoms with E-state index in [0.717, 1.165) is 16.5 Å². The number of fused-ring (bicyclic) bond motifs is 1. The Morgan fingerprint density at radius 3 is 2.74 bits per heavy atom. The first-order chi connectivity index (χ1) is 16.4. The van der Waals surface area contributed by atoms with Crippen LogP contribution < -0.4 is 10.6 Å². The first kappa shape index (κ1) is 22.9. The van der Waals surface area contributed by atoms with Crippen molar-refractivity contribution in [2.75, 3.05) is 5.32 Å². The summed E-state index contributed by atoms with van der Waals surface area (Å²) in [6, 6.07) is 18.2. The van der Waals surface area contributed by atoms with Gasteiger partial charge in [0.2, 0.25) is 5.91 Å². The van der Waals surface area contributed by atoms with Crippen LogP contribution in [0.15, 0.2) is 77.0 Å². The second-order valence-electron chi connectivity index (χ2n) is 7.67. The fourth-order valence-electron chi connectivity index (χ4n) is 3.50. The molecular formula is C26H21ClN4O3. The van der Waals surface area contributed by atoms with Gasteiger partial charge >= 0.3 is 0 Å². The van der Waals surface area contributed by atoms with Crippen molar-refractivity contribution < 1.29 is 14.0 Å². The summed E-state index contributed by atoms with van der Waals surface area (Å²) in [5.74, 6) is -0.0773. The van der Waals surface area contributed by atoms with Crippen LogP contribution in [0.2, 0.25) is 5.02 Å². The summed E-state index contributed by atoms with van der Waals surface area (Å²) in [6.07, 6.45) is 4.82. The van der Waals surface area contributed by atoms with E-state index in [-0.39, 0.29) is 18.0 Å². The smallest absolute Gasteiger partial charge is 0.266 e. The number of rotatable bonds is 7. The monoisotopic (exact) mass is 472 g/mol. The standard InChI is InChI=1S/C26H21ClN4O3/c1-17-8-9-20(12-23(17)27)30-26(33)18(13-28)11-19-15-31(24-7-3-2-6-22(19)24)16-25(32)29-14-21-5-4-10-34-21/h2-12,15H,14,16H2,1H3,(H,29,32)(H,30,33)/b18-11+. The summed E-state index contributed by atoms with van der Waals surface area (Å²) in [7, 11) is 0. The number of aromatic nitrogens is 1. The predicted octanol–water partition coefficient (Wildman–Crippen LogP) is 5.06. The van der Waals surface area contributed by atoms with Gasteiger partial charge in [0.05, 0.1) is 12.8 Å². The number of carbonyl (C=O) groups is 2. The lowest BCUT2D eigenvalue weighted by Gasteiger charge is -2.06. The van der Waals surface area contributed by atoms with Crippen LogP contribution >= 0.6 is 11.6 Å². The number of benzene rings is 2. The molecule has 2 amide bonds. The van der Waals surface area contributed by atoms with Crippen LogP contribution in [-0.4, -0.2) is 16.4 Å². The minimum atomic E-state index is -0.546. The number of anilines is 1. The van der Waals surface area contributed by atoms with Gasteiger partial charge in [0.15, 0.2) is 0 Å². The number of nitriles is 1. The van der Waals surface area contributed by atoms with Crippen LogP contribution in [0.25, 0.3) is 17.0 Å². The van der Waals surface area contributed by atoms with E-state index in [4.69, 9.17) is 16.0 Å². The van der Waals surface area contributed by atoms with Gasteiger partial charge in [-0.2, -0.15) is 5.26 Å². The van der Waals surface area contributed by atoms with Crippen LogP contribution in [0.4, 0.5) is 5.69 Å². The molecule has 0 saturated heterocycles. The van der Waals surface area contributed by atoms with Crippen molar-refractivity contribution in [3.05, 3.63) is 94.5 Å². The van der Waals surface area contributed by atoms with Crippen molar-refractivity contribution in [3.8, 4) is 6.07 Å². The highest BCUT2D eigenvalue weighted by Gasteiger charge is 2.14. The molecule has 7 nitrogen and oxygen atoms in total. The molecule has 0 aliphatic heterocycles. The molecule has 0 saturated carbocycles. The molecule has 2 aromatic heterocycles. The van der Waals surface area contributed by atoms with E-state index in [2.05, 4.69) is 10.6 Å². The quantitative estimate of drug-likeness (QED) is 0.290. The molecule has 8 heteroatoms. The van der Waals surface area contributed by atoms with Crippen LogP contribution in [0.5, 0.6) is 0 Å². The molecule has 2 aromatic carbocycles. The molecule has 0 atom stereocenters. The summed E-state index contributed by atoms with van der Waals surface area (Å²) in [5, 5.41) is 16.5. The molecule has 34 heavy (non-hydrogen) atoms. The summed E-state index contributed by atoms with van der Waals surface area (Å²) in [5.41, 5.74) is 2.78. The van der Waals surface area contributed by atoms with Gasteiger partial charge in [0.1, 0.15) is 23.9 Å². The van der Waals surface area contributed by atoms with Gasteiger partial charge in [-0.25, -0.2) is 0 Å². The number of halogens is 1. The first-order valence-corrected chi connectivity index (χ1v) is 10.9. The lowest BCUT2D eigenvalue weighted by molar-refractivity contribution is -0.121. The van der Waals surface area contributed by atoms with Crippen LogP contribution in [-0.2, 0) is 22.7 Å². The third kappa shape index (κ3) is 5.20. The minimum Gasteiger partial charge on any atom is -0.467 e. The Morgan fingerprint density at radius 1 is 1.18 bits per heavy atom. The highest BCUT2D eigenvalue weighted by molar-refractivity contribution is 6.31. The average molecular weight is 473 g/mol. The van der Waals surface area contributed by atoms with Gasteiger partial charge in [-0.1, -0.05) is 35.9 Å². The summed E-state index contributed by atoms with van der Waals surface area (Å²) < 4.78 is 7.02. The molecule has 2 N–H and O–H groups in total. The number of nitrogens with zero attached hydrogens (tertiary/aromatic N) is 2. The molecule has 170 valence electrons. The lowest BCUT2D eigenvalue weighted by Crippen LogP contribution is -2.26. The van der Waals surface area contributed by atoms with Crippen molar-refractivity contribution >= 4 is 46.1 Å². The fraction of sp³-hybridized carbons (Fsp3) is 0.115. The van der Waals surface area contributed by atoms with Crippen molar-refractivity contribution in [1.29, 1.82) is 5.26 Å². The molecule has 0 spiro atoms. The van der Waals surface area contributed by atoms with Gasteiger partial charge in [0, 0.05) is 33.4 Å². The molecule has 2 heterocycles. The molecule has 4 rings (SSSR count). The normalized spacial score (nSPS) is 11.3.